The average molecular weight is 443 g/mol. The molecule has 174 valence electrons. The highest BCUT2D eigenvalue weighted by atomic mass is 16.3. The van der Waals surface area contributed by atoms with Crippen molar-refractivity contribution in [1.29, 1.82) is 0 Å². The van der Waals surface area contributed by atoms with Crippen LogP contribution in [0.1, 0.15) is 31.2 Å². The monoisotopic (exact) mass is 442 g/mol. The Labute approximate surface area is 188 Å². The molecule has 9 heteroatoms. The summed E-state index contributed by atoms with van der Waals surface area (Å²) in [6, 6.07) is 6.85. The van der Waals surface area contributed by atoms with Crippen LogP contribution in [-0.4, -0.2) is 76.5 Å². The van der Waals surface area contributed by atoms with Crippen LogP contribution in [0.5, 0.6) is 0 Å². The third-order valence-corrected chi connectivity index (χ3v) is 6.69. The Morgan fingerprint density at radius 1 is 1.19 bits per heavy atom. The number of anilines is 1. The summed E-state index contributed by atoms with van der Waals surface area (Å²) in [6.45, 7) is 4.29. The van der Waals surface area contributed by atoms with E-state index >= 15 is 0 Å². The van der Waals surface area contributed by atoms with Gasteiger partial charge in [0.2, 0.25) is 11.8 Å². The number of fused-ring (bicyclic) bond motifs is 1. The SMILES string of the molecule is Cc1ccc2c(c1)c(NCC(=O)NC1CN([C@H]3CC[C@@H](C(=O)NCCO)CC3)C1)nn2C. The van der Waals surface area contributed by atoms with Crippen molar-refractivity contribution in [3.05, 3.63) is 23.8 Å². The molecule has 0 spiro atoms. The zero-order chi connectivity index (χ0) is 22.7. The highest BCUT2D eigenvalue weighted by Gasteiger charge is 2.36. The van der Waals surface area contributed by atoms with Gasteiger partial charge in [-0.15, -0.1) is 0 Å². The molecular formula is C23H34N6O3. The van der Waals surface area contributed by atoms with Gasteiger partial charge in [-0.2, -0.15) is 5.10 Å². The van der Waals surface area contributed by atoms with Crippen molar-refractivity contribution in [2.45, 2.75) is 44.7 Å². The fourth-order valence-corrected chi connectivity index (χ4v) is 4.88. The number of hydrogen-bond acceptors (Lipinski definition) is 6. The number of nitrogens with zero attached hydrogens (tertiary/aromatic N) is 3. The molecule has 2 amide bonds. The Morgan fingerprint density at radius 2 is 1.94 bits per heavy atom. The summed E-state index contributed by atoms with van der Waals surface area (Å²) in [5.74, 6) is 0.837. The summed E-state index contributed by atoms with van der Waals surface area (Å²) in [4.78, 5) is 26.9. The molecule has 2 aromatic rings. The highest BCUT2D eigenvalue weighted by Crippen LogP contribution is 2.30. The Kier molecular flexibility index (Phi) is 6.95. The smallest absolute Gasteiger partial charge is 0.239 e. The van der Waals surface area contributed by atoms with Gasteiger partial charge in [-0.25, -0.2) is 0 Å². The normalized spacial score (nSPS) is 21.8. The molecule has 1 aromatic heterocycles. The van der Waals surface area contributed by atoms with Crippen molar-refractivity contribution in [2.75, 3.05) is 38.1 Å². The van der Waals surface area contributed by atoms with Crippen molar-refractivity contribution in [3.8, 4) is 0 Å². The van der Waals surface area contributed by atoms with Crippen LogP contribution in [0, 0.1) is 12.8 Å². The van der Waals surface area contributed by atoms with Crippen LogP contribution < -0.4 is 16.0 Å². The van der Waals surface area contributed by atoms with Crippen LogP contribution in [0.2, 0.25) is 0 Å². The average Bonchev–Trinajstić information content (AvgIpc) is 3.07. The zero-order valence-electron chi connectivity index (χ0n) is 18.9. The molecule has 0 unspecified atom stereocenters. The number of carbonyl (C=O) groups is 2. The first-order valence-corrected chi connectivity index (χ1v) is 11.5. The number of hydrogen-bond donors (Lipinski definition) is 4. The summed E-state index contributed by atoms with van der Waals surface area (Å²) in [5, 5.41) is 23.4. The predicted molar refractivity (Wildman–Crippen MR) is 123 cm³/mol. The standard InChI is InChI=1S/C23H34N6O3/c1-15-3-8-20-19(11-15)22(27-28(20)2)25-12-21(31)26-17-13-29(14-17)18-6-4-16(5-7-18)23(32)24-9-10-30/h3,8,11,16-18,30H,4-7,9-10,12-14H2,1-2H3,(H,24,32)(H,25,27)(H,26,31)/t16-,18+. The highest BCUT2D eigenvalue weighted by molar-refractivity contribution is 5.92. The van der Waals surface area contributed by atoms with Crippen LogP contribution in [0.15, 0.2) is 18.2 Å². The number of aliphatic hydroxyl groups is 1. The Hall–Kier alpha value is -2.65. The molecule has 32 heavy (non-hydrogen) atoms. The quantitative estimate of drug-likeness (QED) is 0.480. The number of aromatic nitrogens is 2. The van der Waals surface area contributed by atoms with E-state index in [1.54, 1.807) is 0 Å². The minimum Gasteiger partial charge on any atom is -0.395 e. The lowest BCUT2D eigenvalue weighted by Gasteiger charge is -2.46. The van der Waals surface area contributed by atoms with E-state index in [2.05, 4.69) is 38.1 Å². The number of amides is 2. The second-order valence-corrected chi connectivity index (χ2v) is 9.08. The molecular weight excluding hydrogens is 408 g/mol. The summed E-state index contributed by atoms with van der Waals surface area (Å²) in [5.41, 5.74) is 2.20. The van der Waals surface area contributed by atoms with E-state index < -0.39 is 0 Å². The van der Waals surface area contributed by atoms with Gasteiger partial charge in [0.1, 0.15) is 0 Å². The van der Waals surface area contributed by atoms with Crippen LogP contribution in [0.3, 0.4) is 0 Å². The van der Waals surface area contributed by atoms with E-state index in [0.717, 1.165) is 61.1 Å². The van der Waals surface area contributed by atoms with Gasteiger partial charge in [-0.3, -0.25) is 19.2 Å². The van der Waals surface area contributed by atoms with E-state index in [0.29, 0.717) is 12.6 Å². The summed E-state index contributed by atoms with van der Waals surface area (Å²) >= 11 is 0. The lowest BCUT2D eigenvalue weighted by Crippen LogP contribution is -2.63. The molecule has 2 aliphatic rings. The largest absolute Gasteiger partial charge is 0.395 e. The number of rotatable bonds is 8. The molecule has 0 radical (unpaired) electrons. The second kappa shape index (κ2) is 9.87. The summed E-state index contributed by atoms with van der Waals surface area (Å²) < 4.78 is 1.82. The topological polar surface area (TPSA) is 112 Å². The zero-order valence-corrected chi connectivity index (χ0v) is 18.9. The van der Waals surface area contributed by atoms with Gasteiger partial charge in [-0.05, 0) is 44.7 Å². The lowest BCUT2D eigenvalue weighted by atomic mass is 9.83. The number of likely N-dealkylation sites (tertiary alicyclic amines) is 1. The van der Waals surface area contributed by atoms with Crippen LogP contribution in [0.25, 0.3) is 10.9 Å². The molecule has 1 saturated heterocycles. The van der Waals surface area contributed by atoms with Crippen molar-refractivity contribution in [3.63, 3.8) is 0 Å². The van der Waals surface area contributed by atoms with Gasteiger partial charge in [0.05, 0.1) is 24.7 Å². The van der Waals surface area contributed by atoms with Crippen LogP contribution >= 0.6 is 0 Å². The number of aryl methyl sites for hydroxylation is 2. The number of benzene rings is 1. The van der Waals surface area contributed by atoms with Gasteiger partial charge in [-0.1, -0.05) is 11.6 Å². The third kappa shape index (κ3) is 5.05. The van der Waals surface area contributed by atoms with Gasteiger partial charge in [0, 0.05) is 44.0 Å². The van der Waals surface area contributed by atoms with Crippen molar-refractivity contribution in [2.24, 2.45) is 13.0 Å². The van der Waals surface area contributed by atoms with Crippen molar-refractivity contribution in [1.82, 2.24) is 25.3 Å². The van der Waals surface area contributed by atoms with Crippen LogP contribution in [-0.2, 0) is 16.6 Å². The number of nitrogens with one attached hydrogen (secondary N) is 3. The third-order valence-electron chi connectivity index (χ3n) is 6.69. The number of carbonyl (C=O) groups excluding carboxylic acids is 2. The van der Waals surface area contributed by atoms with Gasteiger partial charge < -0.3 is 21.1 Å². The number of aliphatic hydroxyl groups excluding tert-OH is 1. The fraction of sp³-hybridized carbons (Fsp3) is 0.609. The lowest BCUT2D eigenvalue weighted by molar-refractivity contribution is -0.127. The first-order valence-electron chi connectivity index (χ1n) is 11.5. The maximum Gasteiger partial charge on any atom is 0.239 e. The van der Waals surface area contributed by atoms with E-state index in [1.807, 2.05) is 24.7 Å². The van der Waals surface area contributed by atoms with E-state index in [1.165, 1.54) is 0 Å². The Balaban J connectivity index is 1.17. The molecule has 0 atom stereocenters. The fourth-order valence-electron chi connectivity index (χ4n) is 4.88. The van der Waals surface area contributed by atoms with E-state index in [9.17, 15) is 9.59 Å². The van der Waals surface area contributed by atoms with E-state index in [-0.39, 0.29) is 36.9 Å². The molecule has 2 heterocycles. The molecule has 2 fully saturated rings. The maximum absolute atomic E-state index is 12.4. The maximum atomic E-state index is 12.4. The van der Waals surface area contributed by atoms with Crippen molar-refractivity contribution < 1.29 is 14.7 Å². The molecule has 4 N–H and O–H groups in total. The summed E-state index contributed by atoms with van der Waals surface area (Å²) in [6.07, 6.45) is 3.78. The first kappa shape index (κ1) is 22.5. The minimum atomic E-state index is -0.0228. The molecule has 1 aliphatic carbocycles. The van der Waals surface area contributed by atoms with Gasteiger partial charge >= 0.3 is 0 Å². The predicted octanol–water partition coefficient (Wildman–Crippen LogP) is 0.761. The molecule has 1 aromatic carbocycles. The minimum absolute atomic E-state index is 0.0182. The molecule has 0 bridgehead atoms. The molecule has 4 rings (SSSR count). The summed E-state index contributed by atoms with van der Waals surface area (Å²) in [7, 11) is 1.90. The molecule has 1 saturated carbocycles. The Morgan fingerprint density at radius 3 is 2.66 bits per heavy atom. The molecule has 1 aliphatic heterocycles. The first-order chi connectivity index (χ1) is 15.4. The molecule has 9 nitrogen and oxygen atoms in total. The van der Waals surface area contributed by atoms with Crippen molar-refractivity contribution >= 4 is 28.5 Å². The van der Waals surface area contributed by atoms with Crippen LogP contribution in [0.4, 0.5) is 5.82 Å². The van der Waals surface area contributed by atoms with Gasteiger partial charge in [0.25, 0.3) is 0 Å². The van der Waals surface area contributed by atoms with Gasteiger partial charge in [0.15, 0.2) is 5.82 Å². The Bertz CT molecular complexity index is 960. The second-order valence-electron chi connectivity index (χ2n) is 9.08. The van der Waals surface area contributed by atoms with E-state index in [4.69, 9.17) is 5.11 Å².